The largest absolute Gasteiger partial charge is 0.481 e. The predicted molar refractivity (Wildman–Crippen MR) is 104 cm³/mol. The number of rotatable bonds is 4. The Kier molecular flexibility index (Phi) is 5.69. The highest BCUT2D eigenvalue weighted by Crippen LogP contribution is 2.34. The molecule has 0 saturated carbocycles. The van der Waals surface area contributed by atoms with Crippen LogP contribution in [0.4, 0.5) is 13.2 Å². The van der Waals surface area contributed by atoms with Crippen LogP contribution >= 0.6 is 11.6 Å². The van der Waals surface area contributed by atoms with E-state index in [4.69, 9.17) is 16.3 Å². The Hall–Kier alpha value is -2.95. The summed E-state index contributed by atoms with van der Waals surface area (Å²) < 4.78 is 47.6. The average molecular weight is 455 g/mol. The first-order valence-corrected chi connectivity index (χ1v) is 9.86. The number of methoxy groups -OCH3 is 1. The number of halogens is 4. The van der Waals surface area contributed by atoms with Gasteiger partial charge in [-0.2, -0.15) is 15.1 Å². The third kappa shape index (κ3) is 3.89. The highest BCUT2D eigenvalue weighted by atomic mass is 35.5. The molecule has 4 rings (SSSR count). The van der Waals surface area contributed by atoms with Crippen LogP contribution in [0.3, 0.4) is 0 Å². The van der Waals surface area contributed by atoms with Crippen LogP contribution < -0.4 is 4.74 Å². The molecule has 3 aromatic rings. The second-order valence-electron chi connectivity index (χ2n) is 7.32. The number of piperidine rings is 1. The molecular weight excluding hydrogens is 437 g/mol. The van der Waals surface area contributed by atoms with Gasteiger partial charge in [0.25, 0.3) is 18.1 Å². The molecule has 0 spiro atoms. The van der Waals surface area contributed by atoms with Gasteiger partial charge in [-0.15, -0.1) is 0 Å². The van der Waals surface area contributed by atoms with Crippen molar-refractivity contribution in [1.29, 1.82) is 0 Å². The maximum absolute atomic E-state index is 14.5. The number of fused-ring (bicyclic) bond motifs is 1. The normalized spacial score (nSPS) is 19.3. The van der Waals surface area contributed by atoms with E-state index in [9.17, 15) is 18.0 Å². The van der Waals surface area contributed by atoms with Crippen LogP contribution in [-0.4, -0.2) is 55.6 Å². The van der Waals surface area contributed by atoms with Gasteiger partial charge in [0, 0.05) is 25.1 Å². The van der Waals surface area contributed by atoms with E-state index >= 15 is 0 Å². The predicted octanol–water partition coefficient (Wildman–Crippen LogP) is 3.52. The van der Waals surface area contributed by atoms with Gasteiger partial charge in [0.1, 0.15) is 12.0 Å². The Bertz CT molecular complexity index is 1140. The summed E-state index contributed by atoms with van der Waals surface area (Å²) in [5.74, 6) is -1.76. The number of alkyl halides is 2. The summed E-state index contributed by atoms with van der Waals surface area (Å²) in [6.07, 6.45) is -0.966. The number of ether oxygens (including phenoxy) is 1. The van der Waals surface area contributed by atoms with Gasteiger partial charge in [-0.25, -0.2) is 22.7 Å². The van der Waals surface area contributed by atoms with E-state index in [2.05, 4.69) is 20.1 Å². The van der Waals surface area contributed by atoms with Gasteiger partial charge in [0.05, 0.1) is 18.4 Å². The molecule has 1 aliphatic heterocycles. The molecule has 0 radical (unpaired) electrons. The molecule has 1 amide bonds. The van der Waals surface area contributed by atoms with Crippen LogP contribution in [0.2, 0.25) is 5.15 Å². The fourth-order valence-corrected chi connectivity index (χ4v) is 3.96. The molecule has 0 unspecified atom stereocenters. The standard InChI is InChI=1S/C19H18ClF3N6O2/c1-9-3-4-28(18(30)10-5-14(31-2)27-16(20)15(10)21)7-11(9)13-6-12(17(22)23)26-19-24-8-25-29(13)19/h5-6,8-9,11,17H,3-4,7H2,1-2H3/t9-,11-/m1/s1. The van der Waals surface area contributed by atoms with Gasteiger partial charge in [0.2, 0.25) is 5.88 Å². The molecule has 0 aliphatic carbocycles. The monoisotopic (exact) mass is 454 g/mol. The van der Waals surface area contributed by atoms with Crippen molar-refractivity contribution < 1.29 is 22.7 Å². The number of hydrogen-bond acceptors (Lipinski definition) is 6. The molecule has 0 bridgehead atoms. The molecule has 0 aromatic carbocycles. The first-order valence-electron chi connectivity index (χ1n) is 9.48. The number of carbonyl (C=O) groups is 1. The van der Waals surface area contributed by atoms with Crippen molar-refractivity contribution in [3.8, 4) is 5.88 Å². The molecule has 1 fully saturated rings. The first-order chi connectivity index (χ1) is 14.8. The zero-order valence-electron chi connectivity index (χ0n) is 16.6. The minimum atomic E-state index is -2.78. The number of amides is 1. The van der Waals surface area contributed by atoms with Gasteiger partial charge in [-0.05, 0) is 18.4 Å². The van der Waals surface area contributed by atoms with Crippen molar-refractivity contribution in [2.24, 2.45) is 5.92 Å². The van der Waals surface area contributed by atoms with Crippen LogP contribution in [-0.2, 0) is 0 Å². The van der Waals surface area contributed by atoms with Crippen LogP contribution in [0.1, 0.15) is 47.4 Å². The summed E-state index contributed by atoms with van der Waals surface area (Å²) in [6.45, 7) is 2.50. The lowest BCUT2D eigenvalue weighted by molar-refractivity contribution is 0.0660. The molecule has 0 N–H and O–H groups in total. The van der Waals surface area contributed by atoms with Crippen LogP contribution in [0.15, 0.2) is 18.5 Å². The van der Waals surface area contributed by atoms with Crippen LogP contribution in [0, 0.1) is 11.7 Å². The number of pyridine rings is 1. The summed E-state index contributed by atoms with van der Waals surface area (Å²) in [4.78, 5) is 26.0. The van der Waals surface area contributed by atoms with Gasteiger partial charge >= 0.3 is 0 Å². The smallest absolute Gasteiger partial charge is 0.280 e. The molecule has 3 aromatic heterocycles. The average Bonchev–Trinajstić information content (AvgIpc) is 3.23. The zero-order chi connectivity index (χ0) is 22.3. The van der Waals surface area contributed by atoms with Crippen molar-refractivity contribution in [1.82, 2.24) is 29.5 Å². The number of carbonyl (C=O) groups excluding carboxylic acids is 1. The van der Waals surface area contributed by atoms with E-state index in [-0.39, 0.29) is 35.6 Å². The second-order valence-corrected chi connectivity index (χ2v) is 7.68. The number of hydrogen-bond donors (Lipinski definition) is 0. The maximum atomic E-state index is 14.5. The fourth-order valence-electron chi connectivity index (χ4n) is 3.78. The Labute approximate surface area is 180 Å². The van der Waals surface area contributed by atoms with Gasteiger partial charge in [-0.3, -0.25) is 4.79 Å². The molecule has 164 valence electrons. The molecular formula is C19H18ClF3N6O2. The second kappa shape index (κ2) is 8.29. The van der Waals surface area contributed by atoms with Crippen molar-refractivity contribution in [2.75, 3.05) is 20.2 Å². The van der Waals surface area contributed by atoms with Crippen LogP contribution in [0.5, 0.6) is 5.88 Å². The highest BCUT2D eigenvalue weighted by Gasteiger charge is 2.34. The van der Waals surface area contributed by atoms with Gasteiger partial charge in [0.15, 0.2) is 11.0 Å². The SMILES string of the molecule is COc1cc(C(=O)N2CC[C@@H](C)[C@H](c3cc(C(F)F)nc4ncnn34)C2)c(F)c(Cl)n1. The Morgan fingerprint density at radius 2 is 2.10 bits per heavy atom. The van der Waals surface area contributed by atoms with E-state index in [1.165, 1.54) is 35.0 Å². The van der Waals surface area contributed by atoms with Crippen molar-refractivity contribution in [3.05, 3.63) is 46.4 Å². The lowest BCUT2D eigenvalue weighted by atomic mass is 9.84. The minimum Gasteiger partial charge on any atom is -0.481 e. The summed E-state index contributed by atoms with van der Waals surface area (Å²) in [5.41, 5.74) is -0.212. The number of aromatic nitrogens is 5. The Balaban J connectivity index is 1.70. The van der Waals surface area contributed by atoms with Crippen LogP contribution in [0.25, 0.3) is 5.78 Å². The van der Waals surface area contributed by atoms with Gasteiger partial charge < -0.3 is 9.64 Å². The fraction of sp³-hybridized carbons (Fsp3) is 0.421. The third-order valence-electron chi connectivity index (χ3n) is 5.48. The van der Waals surface area contributed by atoms with E-state index in [1.807, 2.05) is 6.92 Å². The van der Waals surface area contributed by atoms with E-state index in [1.54, 1.807) is 0 Å². The Morgan fingerprint density at radius 3 is 2.81 bits per heavy atom. The first kappa shape index (κ1) is 21.3. The lowest BCUT2D eigenvalue weighted by Crippen LogP contribution is -2.43. The van der Waals surface area contributed by atoms with Crippen molar-refractivity contribution in [2.45, 2.75) is 25.7 Å². The van der Waals surface area contributed by atoms with Crippen molar-refractivity contribution in [3.63, 3.8) is 0 Å². The molecule has 4 heterocycles. The van der Waals surface area contributed by atoms with E-state index < -0.39 is 29.0 Å². The Morgan fingerprint density at radius 1 is 1.32 bits per heavy atom. The summed E-state index contributed by atoms with van der Waals surface area (Å²) in [5, 5.41) is 3.63. The minimum absolute atomic E-state index is 0.0108. The zero-order valence-corrected chi connectivity index (χ0v) is 17.4. The topological polar surface area (TPSA) is 85.5 Å². The molecule has 2 atom stereocenters. The highest BCUT2D eigenvalue weighted by molar-refractivity contribution is 6.30. The maximum Gasteiger partial charge on any atom is 0.280 e. The van der Waals surface area contributed by atoms with E-state index in [0.717, 1.165) is 0 Å². The number of nitrogens with zero attached hydrogens (tertiary/aromatic N) is 6. The molecule has 1 aliphatic rings. The summed E-state index contributed by atoms with van der Waals surface area (Å²) >= 11 is 5.80. The molecule has 1 saturated heterocycles. The lowest BCUT2D eigenvalue weighted by Gasteiger charge is -2.37. The van der Waals surface area contributed by atoms with Crippen molar-refractivity contribution >= 4 is 23.3 Å². The van der Waals surface area contributed by atoms with Gasteiger partial charge in [-0.1, -0.05) is 18.5 Å². The summed E-state index contributed by atoms with van der Waals surface area (Å²) in [7, 11) is 1.33. The van der Waals surface area contributed by atoms with E-state index in [0.29, 0.717) is 18.7 Å². The quantitative estimate of drug-likeness (QED) is 0.561. The number of likely N-dealkylation sites (tertiary alicyclic amines) is 1. The molecule has 31 heavy (non-hydrogen) atoms. The summed E-state index contributed by atoms with van der Waals surface area (Å²) in [6, 6.07) is 2.47. The molecule has 12 heteroatoms. The third-order valence-corrected chi connectivity index (χ3v) is 5.73. The molecule has 8 nitrogen and oxygen atoms in total.